The van der Waals surface area contributed by atoms with E-state index in [0.717, 1.165) is 6.42 Å². The Hall–Kier alpha value is -0.0400. The fraction of sp³-hybridized carbons (Fsp3) is 1.00. The van der Waals surface area contributed by atoms with E-state index < -0.39 is 0 Å². The summed E-state index contributed by atoms with van der Waals surface area (Å²) in [5.74, 6) is 0. The van der Waals surface area contributed by atoms with Crippen LogP contribution in [0, 0.1) is 5.41 Å². The van der Waals surface area contributed by atoms with Gasteiger partial charge in [0.2, 0.25) is 0 Å². The maximum absolute atomic E-state index is 5.71. The Balaban J connectivity index is 3.63. The van der Waals surface area contributed by atoms with Gasteiger partial charge >= 0.3 is 0 Å². The van der Waals surface area contributed by atoms with Crippen molar-refractivity contribution < 1.29 is 0 Å². The highest BCUT2D eigenvalue weighted by atomic mass is 14.6. The fourth-order valence-corrected chi connectivity index (χ4v) is 1.65. The summed E-state index contributed by atoms with van der Waals surface area (Å²) >= 11 is 0. The van der Waals surface area contributed by atoms with E-state index >= 15 is 0 Å². The molecule has 2 N–H and O–H groups in total. The first-order valence-electron chi connectivity index (χ1n) is 4.23. The van der Waals surface area contributed by atoms with Crippen LogP contribution in [0.5, 0.6) is 0 Å². The summed E-state index contributed by atoms with van der Waals surface area (Å²) in [4.78, 5) is 0. The molecule has 0 amide bonds. The zero-order valence-corrected chi connectivity index (χ0v) is 7.78. The van der Waals surface area contributed by atoms with Gasteiger partial charge in [0, 0.05) is 6.04 Å². The number of hydrogen-bond acceptors (Lipinski definition) is 1. The largest absolute Gasteiger partial charge is 0.328 e. The lowest BCUT2D eigenvalue weighted by Crippen LogP contribution is -2.24. The molecule has 0 aliphatic rings. The SMILES string of the molecule is CCCC(C)(C)CC(C)N. The molecule has 0 aromatic carbocycles. The summed E-state index contributed by atoms with van der Waals surface area (Å²) in [6.07, 6.45) is 3.69. The molecule has 0 fully saturated rings. The first-order chi connectivity index (χ1) is 4.48. The Morgan fingerprint density at radius 3 is 2.20 bits per heavy atom. The van der Waals surface area contributed by atoms with Gasteiger partial charge in [0.25, 0.3) is 0 Å². The van der Waals surface area contributed by atoms with Crippen molar-refractivity contribution in [2.45, 2.75) is 53.0 Å². The van der Waals surface area contributed by atoms with E-state index in [1.54, 1.807) is 0 Å². The highest BCUT2D eigenvalue weighted by molar-refractivity contribution is 4.72. The van der Waals surface area contributed by atoms with Crippen molar-refractivity contribution in [3.63, 3.8) is 0 Å². The minimum absolute atomic E-state index is 0.349. The van der Waals surface area contributed by atoms with Gasteiger partial charge < -0.3 is 5.73 Å². The zero-order valence-electron chi connectivity index (χ0n) is 7.78. The smallest absolute Gasteiger partial charge is 0.00155 e. The third kappa shape index (κ3) is 4.80. The molecule has 10 heavy (non-hydrogen) atoms. The molecule has 62 valence electrons. The Bertz CT molecular complexity index is 84.7. The maximum Gasteiger partial charge on any atom is 0.00155 e. The van der Waals surface area contributed by atoms with E-state index in [9.17, 15) is 0 Å². The normalized spacial score (nSPS) is 15.3. The van der Waals surface area contributed by atoms with Crippen LogP contribution < -0.4 is 5.73 Å². The predicted octanol–water partition coefficient (Wildman–Crippen LogP) is 2.55. The molecular formula is C9H21N. The first kappa shape index (κ1) is 9.96. The summed E-state index contributed by atoms with van der Waals surface area (Å²) < 4.78 is 0. The Kier molecular flexibility index (Phi) is 3.95. The standard InChI is InChI=1S/C9H21N/c1-5-6-9(3,4)7-8(2)10/h8H,5-7,10H2,1-4H3. The lowest BCUT2D eigenvalue weighted by molar-refractivity contribution is 0.284. The molecule has 0 rings (SSSR count). The van der Waals surface area contributed by atoms with Crippen molar-refractivity contribution in [1.82, 2.24) is 0 Å². The second-order valence-electron chi connectivity index (χ2n) is 4.10. The zero-order chi connectivity index (χ0) is 8.20. The third-order valence-electron chi connectivity index (χ3n) is 1.80. The quantitative estimate of drug-likeness (QED) is 0.643. The Labute approximate surface area is 65.0 Å². The summed E-state index contributed by atoms with van der Waals surface area (Å²) in [6, 6.07) is 0.349. The third-order valence-corrected chi connectivity index (χ3v) is 1.80. The van der Waals surface area contributed by atoms with Crippen molar-refractivity contribution in [2.24, 2.45) is 11.1 Å². The monoisotopic (exact) mass is 143 g/mol. The van der Waals surface area contributed by atoms with E-state index in [1.807, 2.05) is 0 Å². The van der Waals surface area contributed by atoms with Gasteiger partial charge in [-0.1, -0.05) is 27.2 Å². The van der Waals surface area contributed by atoms with E-state index in [-0.39, 0.29) is 0 Å². The van der Waals surface area contributed by atoms with Crippen molar-refractivity contribution in [1.29, 1.82) is 0 Å². The minimum atomic E-state index is 0.349. The lowest BCUT2D eigenvalue weighted by Gasteiger charge is -2.25. The molecule has 0 saturated carbocycles. The van der Waals surface area contributed by atoms with Gasteiger partial charge in [-0.05, 0) is 25.2 Å². The van der Waals surface area contributed by atoms with Crippen LogP contribution in [0.25, 0.3) is 0 Å². The molecule has 0 aromatic heterocycles. The molecule has 0 aromatic rings. The highest BCUT2D eigenvalue weighted by Crippen LogP contribution is 2.27. The number of nitrogens with two attached hydrogens (primary N) is 1. The van der Waals surface area contributed by atoms with Crippen LogP contribution in [0.4, 0.5) is 0 Å². The second kappa shape index (κ2) is 3.97. The van der Waals surface area contributed by atoms with Crippen LogP contribution in [0.3, 0.4) is 0 Å². The molecule has 0 heterocycles. The van der Waals surface area contributed by atoms with E-state index in [1.165, 1.54) is 12.8 Å². The van der Waals surface area contributed by atoms with Crippen molar-refractivity contribution in [2.75, 3.05) is 0 Å². The molecule has 1 atom stereocenters. The van der Waals surface area contributed by atoms with Crippen LogP contribution >= 0.6 is 0 Å². The molecule has 0 spiro atoms. The van der Waals surface area contributed by atoms with Crippen molar-refractivity contribution in [3.05, 3.63) is 0 Å². The van der Waals surface area contributed by atoms with Crippen LogP contribution in [0.15, 0.2) is 0 Å². The van der Waals surface area contributed by atoms with Crippen molar-refractivity contribution in [3.8, 4) is 0 Å². The lowest BCUT2D eigenvalue weighted by atomic mass is 9.82. The van der Waals surface area contributed by atoms with E-state index in [2.05, 4.69) is 27.7 Å². The summed E-state index contributed by atoms with van der Waals surface area (Å²) in [6.45, 7) is 8.89. The summed E-state index contributed by atoms with van der Waals surface area (Å²) in [5.41, 5.74) is 6.16. The molecule has 1 unspecified atom stereocenters. The van der Waals surface area contributed by atoms with Gasteiger partial charge in [-0.3, -0.25) is 0 Å². The van der Waals surface area contributed by atoms with E-state index in [0.29, 0.717) is 11.5 Å². The van der Waals surface area contributed by atoms with Gasteiger partial charge in [-0.2, -0.15) is 0 Å². The maximum atomic E-state index is 5.71. The van der Waals surface area contributed by atoms with Gasteiger partial charge in [0.1, 0.15) is 0 Å². The second-order valence-corrected chi connectivity index (χ2v) is 4.10. The fourth-order valence-electron chi connectivity index (χ4n) is 1.65. The predicted molar refractivity (Wildman–Crippen MR) is 47.0 cm³/mol. The highest BCUT2D eigenvalue weighted by Gasteiger charge is 2.17. The van der Waals surface area contributed by atoms with Gasteiger partial charge in [-0.25, -0.2) is 0 Å². The molecule has 0 aliphatic carbocycles. The van der Waals surface area contributed by atoms with Crippen LogP contribution in [0.2, 0.25) is 0 Å². The molecule has 0 bridgehead atoms. The average Bonchev–Trinajstić information content (AvgIpc) is 1.59. The number of hydrogen-bond donors (Lipinski definition) is 1. The topological polar surface area (TPSA) is 26.0 Å². The Morgan fingerprint density at radius 1 is 1.40 bits per heavy atom. The van der Waals surface area contributed by atoms with Gasteiger partial charge in [-0.15, -0.1) is 0 Å². The number of rotatable bonds is 4. The van der Waals surface area contributed by atoms with E-state index in [4.69, 9.17) is 5.73 Å². The van der Waals surface area contributed by atoms with Crippen LogP contribution in [-0.2, 0) is 0 Å². The molecule has 0 aliphatic heterocycles. The first-order valence-corrected chi connectivity index (χ1v) is 4.23. The summed E-state index contributed by atoms with van der Waals surface area (Å²) in [5, 5.41) is 0. The summed E-state index contributed by atoms with van der Waals surface area (Å²) in [7, 11) is 0. The molecule has 1 nitrogen and oxygen atoms in total. The average molecular weight is 143 g/mol. The van der Waals surface area contributed by atoms with Gasteiger partial charge in [0.05, 0.1) is 0 Å². The van der Waals surface area contributed by atoms with Gasteiger partial charge in [0.15, 0.2) is 0 Å². The van der Waals surface area contributed by atoms with Crippen LogP contribution in [0.1, 0.15) is 47.0 Å². The minimum Gasteiger partial charge on any atom is -0.328 e. The van der Waals surface area contributed by atoms with Crippen LogP contribution in [-0.4, -0.2) is 6.04 Å². The Morgan fingerprint density at radius 2 is 1.90 bits per heavy atom. The van der Waals surface area contributed by atoms with Crippen molar-refractivity contribution >= 4 is 0 Å². The molecule has 0 radical (unpaired) electrons. The molecule has 1 heteroatoms. The molecule has 0 saturated heterocycles. The molecular weight excluding hydrogens is 122 g/mol.